The van der Waals surface area contributed by atoms with Gasteiger partial charge in [0, 0.05) is 38.8 Å². The van der Waals surface area contributed by atoms with Gasteiger partial charge in [0.2, 0.25) is 5.91 Å². The van der Waals surface area contributed by atoms with Crippen LogP contribution in [0.4, 0.5) is 0 Å². The van der Waals surface area contributed by atoms with Crippen LogP contribution in [0.5, 0.6) is 0 Å². The monoisotopic (exact) mass is 269 g/mol. The Bertz CT molecular complexity index is 290. The van der Waals surface area contributed by atoms with Crippen molar-refractivity contribution in [3.05, 3.63) is 0 Å². The fourth-order valence-electron chi connectivity index (χ4n) is 3.09. The second kappa shape index (κ2) is 7.22. The van der Waals surface area contributed by atoms with Gasteiger partial charge in [0.1, 0.15) is 0 Å². The molecular weight excluding hydrogens is 242 g/mol. The summed E-state index contributed by atoms with van der Waals surface area (Å²) in [6.07, 6.45) is 4.23. The lowest BCUT2D eigenvalue weighted by molar-refractivity contribution is -0.134. The molecule has 2 aliphatic rings. The fraction of sp³-hybridized carbons (Fsp3) is 0.929. The first-order chi connectivity index (χ1) is 9.20. The lowest BCUT2D eigenvalue weighted by Gasteiger charge is -2.34. The van der Waals surface area contributed by atoms with Crippen LogP contribution >= 0.6 is 0 Å². The number of aliphatic hydroxyl groups excluding tert-OH is 1. The predicted octanol–water partition coefficient (Wildman–Crippen LogP) is -0.00270. The molecule has 0 bridgehead atoms. The number of rotatable bonds is 5. The number of nitrogens with zero attached hydrogens (tertiary/aromatic N) is 3. The first-order valence-electron chi connectivity index (χ1n) is 7.52. The van der Waals surface area contributed by atoms with Crippen molar-refractivity contribution < 1.29 is 9.90 Å². The predicted molar refractivity (Wildman–Crippen MR) is 75.0 cm³/mol. The van der Waals surface area contributed by atoms with Crippen molar-refractivity contribution in [2.45, 2.75) is 31.7 Å². The highest BCUT2D eigenvalue weighted by Gasteiger charge is 2.28. The first kappa shape index (κ1) is 14.8. The van der Waals surface area contributed by atoms with Gasteiger partial charge in [-0.25, -0.2) is 0 Å². The van der Waals surface area contributed by atoms with E-state index in [9.17, 15) is 4.79 Å². The number of carbonyl (C=O) groups excluding carboxylic acids is 1. The number of hydrogen-bond acceptors (Lipinski definition) is 4. The van der Waals surface area contributed by atoms with E-state index in [0.29, 0.717) is 12.6 Å². The minimum absolute atomic E-state index is 0.261. The molecule has 0 saturated carbocycles. The minimum atomic E-state index is 0.261. The van der Waals surface area contributed by atoms with E-state index in [1.54, 1.807) is 0 Å². The van der Waals surface area contributed by atoms with E-state index >= 15 is 0 Å². The van der Waals surface area contributed by atoms with Crippen molar-refractivity contribution in [3.8, 4) is 0 Å². The summed E-state index contributed by atoms with van der Waals surface area (Å²) in [5, 5.41) is 8.93. The van der Waals surface area contributed by atoms with Gasteiger partial charge in [-0.3, -0.25) is 9.69 Å². The van der Waals surface area contributed by atoms with Crippen LogP contribution in [-0.2, 0) is 4.79 Å². The maximum atomic E-state index is 12.3. The SMILES string of the molecule is CN1CCN(C(=O)CN2CCCC2CCCO)CC1. The van der Waals surface area contributed by atoms with Crippen molar-refractivity contribution >= 4 is 5.91 Å². The number of aliphatic hydroxyl groups is 1. The van der Waals surface area contributed by atoms with Gasteiger partial charge < -0.3 is 14.9 Å². The third-order valence-electron chi connectivity index (χ3n) is 4.39. The van der Waals surface area contributed by atoms with Crippen LogP contribution in [0.2, 0.25) is 0 Å². The number of piperazine rings is 1. The van der Waals surface area contributed by atoms with E-state index in [1.165, 1.54) is 12.8 Å². The Morgan fingerprint density at radius 3 is 2.63 bits per heavy atom. The van der Waals surface area contributed by atoms with Crippen molar-refractivity contribution in [1.29, 1.82) is 0 Å². The van der Waals surface area contributed by atoms with Crippen LogP contribution in [0.15, 0.2) is 0 Å². The average molecular weight is 269 g/mol. The molecule has 0 aromatic carbocycles. The Kier molecular flexibility index (Phi) is 5.60. The molecule has 5 heteroatoms. The molecule has 2 rings (SSSR count). The number of hydrogen-bond donors (Lipinski definition) is 1. The number of likely N-dealkylation sites (N-methyl/N-ethyl adjacent to an activating group) is 1. The number of likely N-dealkylation sites (tertiary alicyclic amines) is 1. The minimum Gasteiger partial charge on any atom is -0.396 e. The third-order valence-corrected chi connectivity index (χ3v) is 4.39. The number of carbonyl (C=O) groups is 1. The second-order valence-corrected chi connectivity index (χ2v) is 5.82. The Hall–Kier alpha value is -0.650. The molecule has 1 unspecified atom stereocenters. The van der Waals surface area contributed by atoms with Crippen LogP contribution in [0, 0.1) is 0 Å². The normalized spacial score (nSPS) is 26.0. The Balaban J connectivity index is 1.77. The van der Waals surface area contributed by atoms with Crippen LogP contribution in [-0.4, -0.2) is 84.7 Å². The van der Waals surface area contributed by atoms with Crippen LogP contribution in [0.3, 0.4) is 0 Å². The maximum Gasteiger partial charge on any atom is 0.236 e. The molecule has 2 fully saturated rings. The summed E-state index contributed by atoms with van der Waals surface area (Å²) in [4.78, 5) is 18.9. The van der Waals surface area contributed by atoms with E-state index in [1.807, 2.05) is 4.90 Å². The van der Waals surface area contributed by atoms with Gasteiger partial charge in [-0.2, -0.15) is 0 Å². The molecule has 19 heavy (non-hydrogen) atoms. The van der Waals surface area contributed by atoms with Crippen molar-refractivity contribution in [2.24, 2.45) is 0 Å². The standard InChI is InChI=1S/C14H27N3O2/c1-15-7-9-16(10-8-15)14(19)12-17-6-2-4-13(17)5-3-11-18/h13,18H,2-12H2,1H3. The highest BCUT2D eigenvalue weighted by atomic mass is 16.3. The summed E-state index contributed by atoms with van der Waals surface area (Å²) in [6, 6.07) is 0.503. The van der Waals surface area contributed by atoms with Crippen LogP contribution in [0.1, 0.15) is 25.7 Å². The van der Waals surface area contributed by atoms with E-state index < -0.39 is 0 Å². The topological polar surface area (TPSA) is 47.0 Å². The lowest BCUT2D eigenvalue weighted by Crippen LogP contribution is -2.50. The van der Waals surface area contributed by atoms with Gasteiger partial charge in [0.25, 0.3) is 0 Å². The van der Waals surface area contributed by atoms with Crippen LogP contribution in [0.25, 0.3) is 0 Å². The molecule has 0 radical (unpaired) electrons. The zero-order valence-electron chi connectivity index (χ0n) is 12.1. The highest BCUT2D eigenvalue weighted by molar-refractivity contribution is 5.78. The number of amides is 1. The summed E-state index contributed by atoms with van der Waals surface area (Å²) in [5.41, 5.74) is 0. The Morgan fingerprint density at radius 2 is 1.95 bits per heavy atom. The molecule has 110 valence electrons. The average Bonchev–Trinajstić information content (AvgIpc) is 2.84. The molecule has 0 spiro atoms. The molecule has 1 N–H and O–H groups in total. The third kappa shape index (κ3) is 4.16. The molecule has 2 heterocycles. The van der Waals surface area contributed by atoms with Gasteiger partial charge in [-0.05, 0) is 39.3 Å². The summed E-state index contributed by atoms with van der Waals surface area (Å²) in [5.74, 6) is 0.281. The lowest BCUT2D eigenvalue weighted by atomic mass is 10.1. The Morgan fingerprint density at radius 1 is 1.21 bits per heavy atom. The molecule has 5 nitrogen and oxygen atoms in total. The van der Waals surface area contributed by atoms with Crippen molar-refractivity contribution in [3.63, 3.8) is 0 Å². The largest absolute Gasteiger partial charge is 0.396 e. The molecule has 2 saturated heterocycles. The molecule has 1 atom stereocenters. The molecule has 1 amide bonds. The summed E-state index contributed by atoms with van der Waals surface area (Å²) >= 11 is 0. The zero-order valence-corrected chi connectivity index (χ0v) is 12.1. The molecule has 0 aromatic rings. The molecule has 0 aliphatic carbocycles. The molecular formula is C14H27N3O2. The van der Waals surface area contributed by atoms with Gasteiger partial charge in [-0.15, -0.1) is 0 Å². The molecule has 0 aromatic heterocycles. The maximum absolute atomic E-state index is 12.3. The fourth-order valence-corrected chi connectivity index (χ4v) is 3.09. The summed E-state index contributed by atoms with van der Waals surface area (Å²) < 4.78 is 0. The van der Waals surface area contributed by atoms with Crippen LogP contribution < -0.4 is 0 Å². The van der Waals surface area contributed by atoms with E-state index in [2.05, 4.69) is 16.8 Å². The highest BCUT2D eigenvalue weighted by Crippen LogP contribution is 2.21. The molecule has 2 aliphatic heterocycles. The Labute approximate surface area is 116 Å². The van der Waals surface area contributed by atoms with Crippen molar-refractivity contribution in [1.82, 2.24) is 14.7 Å². The quantitative estimate of drug-likeness (QED) is 0.763. The van der Waals surface area contributed by atoms with Gasteiger partial charge in [-0.1, -0.05) is 0 Å². The summed E-state index contributed by atoms with van der Waals surface area (Å²) in [6.45, 7) is 5.57. The first-order valence-corrected chi connectivity index (χ1v) is 7.52. The van der Waals surface area contributed by atoms with Gasteiger partial charge in [0.05, 0.1) is 6.54 Å². The van der Waals surface area contributed by atoms with Crippen molar-refractivity contribution in [2.75, 3.05) is 52.9 Å². The van der Waals surface area contributed by atoms with E-state index in [-0.39, 0.29) is 12.5 Å². The smallest absolute Gasteiger partial charge is 0.236 e. The van der Waals surface area contributed by atoms with E-state index in [4.69, 9.17) is 5.11 Å². The van der Waals surface area contributed by atoms with Gasteiger partial charge in [0.15, 0.2) is 0 Å². The second-order valence-electron chi connectivity index (χ2n) is 5.82. The zero-order chi connectivity index (χ0) is 13.7. The van der Waals surface area contributed by atoms with Gasteiger partial charge >= 0.3 is 0 Å². The summed E-state index contributed by atoms with van der Waals surface area (Å²) in [7, 11) is 2.10. The van der Waals surface area contributed by atoms with E-state index in [0.717, 1.165) is 45.6 Å².